The summed E-state index contributed by atoms with van der Waals surface area (Å²) in [6, 6.07) is 4.94. The molecule has 6 heteroatoms. The molecule has 1 aromatic carbocycles. The van der Waals surface area contributed by atoms with E-state index in [4.69, 9.17) is 10.5 Å². The van der Waals surface area contributed by atoms with Crippen LogP contribution in [0.1, 0.15) is 42.5 Å². The van der Waals surface area contributed by atoms with Gasteiger partial charge in [0.2, 0.25) is 5.91 Å². The number of rotatable bonds is 9. The van der Waals surface area contributed by atoms with Crippen LogP contribution in [0, 0.1) is 0 Å². The molecule has 0 aliphatic heterocycles. The minimum absolute atomic E-state index is 0.0832. The molecule has 2 amide bonds. The van der Waals surface area contributed by atoms with E-state index in [1.807, 2.05) is 0 Å². The van der Waals surface area contributed by atoms with Crippen LogP contribution in [-0.4, -0.2) is 32.5 Å². The number of nitrogens with two attached hydrogens (primary N) is 1. The van der Waals surface area contributed by atoms with Crippen LogP contribution in [0.4, 0.5) is 5.69 Å². The Balaban J connectivity index is 2.62. The zero-order valence-corrected chi connectivity index (χ0v) is 13.3. The fourth-order valence-electron chi connectivity index (χ4n) is 2.09. The average molecular weight is 307 g/mol. The first-order chi connectivity index (χ1) is 10.6. The molecular formula is C16H25N3O3. The minimum atomic E-state index is -0.208. The number of ether oxygens (including phenoxy) is 1. The molecule has 6 nitrogen and oxygen atoms in total. The van der Waals surface area contributed by atoms with Crippen LogP contribution in [-0.2, 0) is 4.79 Å². The minimum Gasteiger partial charge on any atom is -0.495 e. The summed E-state index contributed by atoms with van der Waals surface area (Å²) < 4.78 is 5.21. The highest BCUT2D eigenvalue weighted by Gasteiger charge is 2.11. The van der Waals surface area contributed by atoms with E-state index in [0.717, 1.165) is 25.7 Å². The van der Waals surface area contributed by atoms with Crippen molar-refractivity contribution in [2.45, 2.75) is 32.1 Å². The van der Waals surface area contributed by atoms with Crippen LogP contribution in [0.2, 0.25) is 0 Å². The maximum absolute atomic E-state index is 12.0. The van der Waals surface area contributed by atoms with Crippen LogP contribution >= 0.6 is 0 Å². The molecule has 0 atom stereocenters. The number of methoxy groups -OCH3 is 1. The summed E-state index contributed by atoms with van der Waals surface area (Å²) >= 11 is 0. The second-order valence-electron chi connectivity index (χ2n) is 5.00. The largest absolute Gasteiger partial charge is 0.495 e. The van der Waals surface area contributed by atoms with E-state index in [9.17, 15) is 9.59 Å². The van der Waals surface area contributed by atoms with E-state index >= 15 is 0 Å². The zero-order chi connectivity index (χ0) is 16.4. The molecule has 0 fully saturated rings. The van der Waals surface area contributed by atoms with Gasteiger partial charge in [-0.05, 0) is 37.6 Å². The molecule has 0 unspecified atom stereocenters. The van der Waals surface area contributed by atoms with Gasteiger partial charge in [-0.15, -0.1) is 0 Å². The molecule has 0 saturated heterocycles. The first-order valence-electron chi connectivity index (χ1n) is 7.52. The molecule has 0 bridgehead atoms. The molecule has 0 heterocycles. The van der Waals surface area contributed by atoms with Crippen molar-refractivity contribution in [1.82, 2.24) is 5.32 Å². The van der Waals surface area contributed by atoms with Gasteiger partial charge in [0.1, 0.15) is 5.75 Å². The van der Waals surface area contributed by atoms with Crippen molar-refractivity contribution in [3.8, 4) is 5.75 Å². The van der Waals surface area contributed by atoms with Crippen LogP contribution in [0.25, 0.3) is 0 Å². The molecule has 22 heavy (non-hydrogen) atoms. The van der Waals surface area contributed by atoms with Crippen molar-refractivity contribution in [3.63, 3.8) is 0 Å². The van der Waals surface area contributed by atoms with Gasteiger partial charge < -0.3 is 21.1 Å². The van der Waals surface area contributed by atoms with Crippen LogP contribution in [0.3, 0.4) is 0 Å². The summed E-state index contributed by atoms with van der Waals surface area (Å²) in [4.78, 5) is 23.6. The Morgan fingerprint density at radius 1 is 1.18 bits per heavy atom. The van der Waals surface area contributed by atoms with E-state index in [1.54, 1.807) is 25.2 Å². The molecular weight excluding hydrogens is 282 g/mol. The van der Waals surface area contributed by atoms with Gasteiger partial charge in [0.15, 0.2) is 0 Å². The molecule has 1 rings (SSSR count). The van der Waals surface area contributed by atoms with Crippen molar-refractivity contribution in [2.75, 3.05) is 26.0 Å². The number of carbonyl (C=O) groups is 2. The topological polar surface area (TPSA) is 93.5 Å². The molecule has 4 N–H and O–H groups in total. The molecule has 0 radical (unpaired) electrons. The molecule has 0 saturated carbocycles. The lowest BCUT2D eigenvalue weighted by atomic mass is 10.1. The van der Waals surface area contributed by atoms with Crippen molar-refractivity contribution >= 4 is 17.5 Å². The Bertz CT molecular complexity index is 503. The van der Waals surface area contributed by atoms with Crippen molar-refractivity contribution in [1.29, 1.82) is 0 Å². The molecule has 0 spiro atoms. The van der Waals surface area contributed by atoms with Crippen molar-refractivity contribution in [2.24, 2.45) is 5.73 Å². The van der Waals surface area contributed by atoms with E-state index in [2.05, 4.69) is 10.6 Å². The van der Waals surface area contributed by atoms with E-state index in [-0.39, 0.29) is 11.8 Å². The fraction of sp³-hybridized carbons (Fsp3) is 0.500. The summed E-state index contributed by atoms with van der Waals surface area (Å²) in [6.45, 7) is 0.690. The number of hydrogen-bond donors (Lipinski definition) is 3. The average Bonchev–Trinajstić information content (AvgIpc) is 2.53. The van der Waals surface area contributed by atoms with Gasteiger partial charge in [0.05, 0.1) is 12.8 Å². The van der Waals surface area contributed by atoms with Crippen molar-refractivity contribution in [3.05, 3.63) is 23.8 Å². The molecule has 0 aromatic heterocycles. The second kappa shape index (κ2) is 9.78. The van der Waals surface area contributed by atoms with Gasteiger partial charge in [0, 0.05) is 19.0 Å². The van der Waals surface area contributed by atoms with E-state index in [0.29, 0.717) is 30.0 Å². The monoisotopic (exact) mass is 307 g/mol. The van der Waals surface area contributed by atoms with Gasteiger partial charge in [0.25, 0.3) is 5.91 Å². The van der Waals surface area contributed by atoms with Gasteiger partial charge in [-0.2, -0.15) is 0 Å². The Morgan fingerprint density at radius 2 is 1.91 bits per heavy atom. The number of nitrogens with one attached hydrogen (secondary N) is 2. The van der Waals surface area contributed by atoms with Crippen LogP contribution in [0.5, 0.6) is 5.75 Å². The predicted molar refractivity (Wildman–Crippen MR) is 87.2 cm³/mol. The third kappa shape index (κ3) is 5.73. The summed E-state index contributed by atoms with van der Waals surface area (Å²) in [5, 5.41) is 5.35. The first-order valence-corrected chi connectivity index (χ1v) is 7.52. The normalized spacial score (nSPS) is 10.1. The Kier molecular flexibility index (Phi) is 7.99. The third-order valence-corrected chi connectivity index (χ3v) is 3.32. The van der Waals surface area contributed by atoms with E-state index < -0.39 is 0 Å². The summed E-state index contributed by atoms with van der Waals surface area (Å²) in [7, 11) is 3.09. The summed E-state index contributed by atoms with van der Waals surface area (Å²) in [5.74, 6) is 0.240. The molecule has 1 aromatic rings. The highest BCUT2D eigenvalue weighted by molar-refractivity contribution is 5.98. The maximum atomic E-state index is 12.0. The predicted octanol–water partition coefficient (Wildman–Crippen LogP) is 1.90. The SMILES string of the molecule is CNC(=O)c1ccc(OC)c(NC(=O)CCCCCCN)c1. The first kappa shape index (κ1) is 18.0. The number of anilines is 1. The van der Waals surface area contributed by atoms with Gasteiger partial charge in [-0.1, -0.05) is 12.8 Å². The van der Waals surface area contributed by atoms with Gasteiger partial charge in [-0.3, -0.25) is 9.59 Å². The fourth-order valence-corrected chi connectivity index (χ4v) is 2.09. The Labute approximate surface area is 131 Å². The lowest BCUT2D eigenvalue weighted by Crippen LogP contribution is -2.18. The Morgan fingerprint density at radius 3 is 2.55 bits per heavy atom. The lowest BCUT2D eigenvalue weighted by Gasteiger charge is -2.11. The smallest absolute Gasteiger partial charge is 0.251 e. The number of amides is 2. The Hall–Kier alpha value is -2.08. The standard InChI is InChI=1S/C16H25N3O3/c1-18-16(21)12-8-9-14(22-2)13(11-12)19-15(20)7-5-3-4-6-10-17/h8-9,11H,3-7,10,17H2,1-2H3,(H,18,21)(H,19,20). The second-order valence-corrected chi connectivity index (χ2v) is 5.00. The van der Waals surface area contributed by atoms with Crippen molar-refractivity contribution < 1.29 is 14.3 Å². The number of carbonyl (C=O) groups excluding carboxylic acids is 2. The maximum Gasteiger partial charge on any atom is 0.251 e. The highest BCUT2D eigenvalue weighted by atomic mass is 16.5. The highest BCUT2D eigenvalue weighted by Crippen LogP contribution is 2.25. The van der Waals surface area contributed by atoms with Crippen LogP contribution < -0.4 is 21.1 Å². The third-order valence-electron chi connectivity index (χ3n) is 3.32. The summed E-state index contributed by atoms with van der Waals surface area (Å²) in [5.41, 5.74) is 6.41. The molecule has 0 aliphatic rings. The quantitative estimate of drug-likeness (QED) is 0.607. The van der Waals surface area contributed by atoms with Gasteiger partial charge >= 0.3 is 0 Å². The van der Waals surface area contributed by atoms with Crippen LogP contribution in [0.15, 0.2) is 18.2 Å². The number of unbranched alkanes of at least 4 members (excludes halogenated alkanes) is 3. The molecule has 0 aliphatic carbocycles. The zero-order valence-electron chi connectivity index (χ0n) is 13.3. The lowest BCUT2D eigenvalue weighted by molar-refractivity contribution is -0.116. The number of hydrogen-bond acceptors (Lipinski definition) is 4. The van der Waals surface area contributed by atoms with E-state index in [1.165, 1.54) is 7.11 Å². The summed E-state index contributed by atoms with van der Waals surface area (Å²) in [6.07, 6.45) is 4.28. The molecule has 122 valence electrons. The van der Waals surface area contributed by atoms with Gasteiger partial charge in [-0.25, -0.2) is 0 Å². The number of benzene rings is 1.